The number of carbonyl (C=O) groups is 1. The molecule has 0 aliphatic heterocycles. The van der Waals surface area contributed by atoms with Crippen molar-refractivity contribution in [3.05, 3.63) is 0 Å². The highest BCUT2D eigenvalue weighted by Crippen LogP contribution is 2.12. The van der Waals surface area contributed by atoms with Crippen molar-refractivity contribution in [3.63, 3.8) is 0 Å². The second-order valence-corrected chi connectivity index (χ2v) is 5.67. The molecule has 2 N–H and O–H groups in total. The minimum atomic E-state index is -0.696. The second kappa shape index (κ2) is 17.5. The molecule has 1 amide bonds. The number of rotatable bonds is 7. The molecular weight excluding hydrogens is 326 g/mol. The third-order valence-corrected chi connectivity index (χ3v) is 3.59. The molecule has 1 atom stereocenters. The summed E-state index contributed by atoms with van der Waals surface area (Å²) in [5, 5.41) is 17.1. The maximum Gasteiger partial charge on any atom is 0.276 e. The fourth-order valence-corrected chi connectivity index (χ4v) is 2.06. The van der Waals surface area contributed by atoms with Crippen molar-refractivity contribution in [2.24, 2.45) is 5.92 Å². The van der Waals surface area contributed by atoms with Crippen molar-refractivity contribution < 1.29 is 15.2 Å². The van der Waals surface area contributed by atoms with Gasteiger partial charge in [-0.15, -0.1) is 11.8 Å². The van der Waals surface area contributed by atoms with E-state index < -0.39 is 11.8 Å². The molecule has 0 saturated carbocycles. The van der Waals surface area contributed by atoms with E-state index in [0.29, 0.717) is 38.5 Å². The van der Waals surface area contributed by atoms with E-state index in [1.165, 1.54) is 19.3 Å². The Kier molecular flexibility index (Phi) is 15.9. The van der Waals surface area contributed by atoms with Gasteiger partial charge >= 0.3 is 0 Å². The highest BCUT2D eigenvalue weighted by molar-refractivity contribution is 5.76. The molecule has 1 unspecified atom stereocenters. The Morgan fingerprint density at radius 3 is 1.77 bits per heavy atom. The van der Waals surface area contributed by atoms with E-state index in [4.69, 9.17) is 10.4 Å². The lowest BCUT2D eigenvalue weighted by molar-refractivity contribution is -0.288. The summed E-state index contributed by atoms with van der Waals surface area (Å²) in [5.41, 5.74) is 0. The van der Waals surface area contributed by atoms with Gasteiger partial charge in [0.1, 0.15) is 0 Å². The van der Waals surface area contributed by atoms with E-state index in [0.717, 1.165) is 6.42 Å². The van der Waals surface area contributed by atoms with Gasteiger partial charge in [-0.3, -0.25) is 15.2 Å². The van der Waals surface area contributed by atoms with Crippen molar-refractivity contribution in [2.45, 2.75) is 78.1 Å². The molecule has 0 aromatic carbocycles. The van der Waals surface area contributed by atoms with Gasteiger partial charge in [-0.05, 0) is 19.3 Å². The first-order valence-corrected chi connectivity index (χ1v) is 9.18. The van der Waals surface area contributed by atoms with Crippen LogP contribution in [0.4, 0.5) is 0 Å². The van der Waals surface area contributed by atoms with Gasteiger partial charge < -0.3 is 0 Å². The number of amides is 1. The van der Waals surface area contributed by atoms with Crippen LogP contribution in [0, 0.1) is 53.3 Å². The average Bonchev–Trinajstić information content (AvgIpc) is 2.64. The summed E-state index contributed by atoms with van der Waals surface area (Å²) in [7, 11) is 0. The predicted molar refractivity (Wildman–Crippen MR) is 103 cm³/mol. The molecule has 0 saturated heterocycles. The van der Waals surface area contributed by atoms with Gasteiger partial charge in [0.15, 0.2) is 0 Å². The molecule has 4 heteroatoms. The monoisotopic (exact) mass is 355 g/mol. The van der Waals surface area contributed by atoms with Crippen LogP contribution in [0.25, 0.3) is 0 Å². The first-order chi connectivity index (χ1) is 12.6. The quantitative estimate of drug-likeness (QED) is 0.312. The van der Waals surface area contributed by atoms with Crippen molar-refractivity contribution in [1.29, 1.82) is 0 Å². The lowest BCUT2D eigenvalue weighted by Gasteiger charge is -2.14. The molecule has 0 aliphatic carbocycles. The molecule has 26 heavy (non-hydrogen) atoms. The van der Waals surface area contributed by atoms with E-state index in [2.05, 4.69) is 54.3 Å². The van der Waals surface area contributed by atoms with E-state index in [-0.39, 0.29) is 5.23 Å². The van der Waals surface area contributed by atoms with E-state index >= 15 is 0 Å². The molecule has 0 aromatic rings. The molecular formula is C22H29NO3. The Bertz CT molecular complexity index is 636. The number of hydrogen-bond donors (Lipinski definition) is 2. The molecule has 0 bridgehead atoms. The Morgan fingerprint density at radius 2 is 1.31 bits per heavy atom. The van der Waals surface area contributed by atoms with Gasteiger partial charge in [0.05, 0.1) is 19.3 Å². The molecule has 0 aromatic heterocycles. The van der Waals surface area contributed by atoms with Crippen LogP contribution in [0.2, 0.25) is 0 Å². The molecule has 0 fully saturated rings. The topological polar surface area (TPSA) is 60.8 Å². The summed E-state index contributed by atoms with van der Waals surface area (Å²) in [6.07, 6.45) is 7.73. The fraction of sp³-hybridized carbons (Fsp3) is 0.591. The summed E-state index contributed by atoms with van der Waals surface area (Å²) in [6.45, 7) is 4.00. The van der Waals surface area contributed by atoms with Crippen molar-refractivity contribution >= 4 is 5.91 Å². The molecule has 140 valence electrons. The van der Waals surface area contributed by atoms with Crippen LogP contribution in [0.15, 0.2) is 0 Å². The molecule has 0 heterocycles. The van der Waals surface area contributed by atoms with Crippen molar-refractivity contribution in [2.75, 3.05) is 0 Å². The fourth-order valence-electron chi connectivity index (χ4n) is 2.06. The first-order valence-electron chi connectivity index (χ1n) is 9.18. The highest BCUT2D eigenvalue weighted by Gasteiger charge is 2.19. The standard InChI is InChI=1S/C22H29NO3/c1-3-5-6-7-8-9-10-11-12-13-14-15-16-17-18-19-20-21(4-2)22(24)23(25)26/h21,25-26H,3-7,10,13,16,19-20H2,1-2H3. The van der Waals surface area contributed by atoms with Crippen LogP contribution in [-0.2, 0) is 4.79 Å². The Balaban J connectivity index is 3.87. The molecule has 0 rings (SSSR count). The van der Waals surface area contributed by atoms with Gasteiger partial charge in [0.2, 0.25) is 0 Å². The zero-order valence-electron chi connectivity index (χ0n) is 15.9. The SMILES string of the molecule is CCCCCC#CCC#CCC#CCC#CCCC(CC)C(=O)N(O)O. The maximum atomic E-state index is 11.4. The molecule has 0 spiro atoms. The van der Waals surface area contributed by atoms with Gasteiger partial charge in [-0.1, -0.05) is 67.4 Å². The zero-order valence-corrected chi connectivity index (χ0v) is 15.9. The lowest BCUT2D eigenvalue weighted by atomic mass is 10.00. The summed E-state index contributed by atoms with van der Waals surface area (Å²) in [4.78, 5) is 11.4. The van der Waals surface area contributed by atoms with Crippen molar-refractivity contribution in [1.82, 2.24) is 5.23 Å². The minimum Gasteiger partial charge on any atom is -0.270 e. The smallest absolute Gasteiger partial charge is 0.270 e. The average molecular weight is 355 g/mol. The Hall–Kier alpha value is -2.37. The summed E-state index contributed by atoms with van der Waals surface area (Å²) < 4.78 is 0. The molecule has 0 radical (unpaired) electrons. The van der Waals surface area contributed by atoms with Crippen LogP contribution >= 0.6 is 0 Å². The molecule has 0 aliphatic rings. The van der Waals surface area contributed by atoms with E-state index in [9.17, 15) is 4.79 Å². The number of hydroxylamine groups is 2. The first kappa shape index (κ1) is 23.6. The van der Waals surface area contributed by atoms with E-state index in [1.54, 1.807) is 0 Å². The maximum absolute atomic E-state index is 11.4. The highest BCUT2D eigenvalue weighted by atomic mass is 16.8. The number of nitrogens with zero attached hydrogens (tertiary/aromatic N) is 1. The van der Waals surface area contributed by atoms with Gasteiger partial charge in [-0.2, -0.15) is 0 Å². The lowest BCUT2D eigenvalue weighted by Crippen LogP contribution is -2.30. The van der Waals surface area contributed by atoms with Crippen LogP contribution in [0.3, 0.4) is 0 Å². The van der Waals surface area contributed by atoms with Crippen LogP contribution in [0.5, 0.6) is 0 Å². The zero-order chi connectivity index (χ0) is 19.5. The van der Waals surface area contributed by atoms with E-state index in [1.807, 2.05) is 6.92 Å². The summed E-state index contributed by atoms with van der Waals surface area (Å²) in [6, 6.07) is 0. The number of unbranched alkanes of at least 4 members (excludes halogenated alkanes) is 3. The van der Waals surface area contributed by atoms with Gasteiger partial charge in [-0.25, -0.2) is 0 Å². The third kappa shape index (κ3) is 14.0. The number of carbonyl (C=O) groups excluding carboxylic acids is 1. The largest absolute Gasteiger partial charge is 0.276 e. The minimum absolute atomic E-state index is 0.341. The van der Waals surface area contributed by atoms with Gasteiger partial charge in [0.25, 0.3) is 5.91 Å². The predicted octanol–water partition coefficient (Wildman–Crippen LogP) is 4.16. The number of hydrogen-bond acceptors (Lipinski definition) is 3. The summed E-state index contributed by atoms with van der Waals surface area (Å²) in [5.74, 6) is 22.8. The van der Waals surface area contributed by atoms with Crippen LogP contribution in [-0.4, -0.2) is 21.5 Å². The third-order valence-electron chi connectivity index (χ3n) is 3.59. The van der Waals surface area contributed by atoms with Gasteiger partial charge in [0, 0.05) is 18.8 Å². The Morgan fingerprint density at radius 1 is 0.808 bits per heavy atom. The van der Waals surface area contributed by atoms with Crippen LogP contribution in [0.1, 0.15) is 78.1 Å². The van der Waals surface area contributed by atoms with Crippen LogP contribution < -0.4 is 0 Å². The Labute approximate surface area is 158 Å². The second-order valence-electron chi connectivity index (χ2n) is 5.67. The van der Waals surface area contributed by atoms with Crippen molar-refractivity contribution in [3.8, 4) is 47.4 Å². The molecule has 4 nitrogen and oxygen atoms in total. The summed E-state index contributed by atoms with van der Waals surface area (Å²) >= 11 is 0. The normalized spacial score (nSPS) is 9.85.